The summed E-state index contributed by atoms with van der Waals surface area (Å²) in [5.74, 6) is 0.606. The van der Waals surface area contributed by atoms with Gasteiger partial charge >= 0.3 is 0 Å². The van der Waals surface area contributed by atoms with E-state index in [1.165, 1.54) is 19.3 Å². The minimum atomic E-state index is -0.687. The van der Waals surface area contributed by atoms with Crippen LogP contribution in [0.1, 0.15) is 59.3 Å². The predicted molar refractivity (Wildman–Crippen MR) is 81.8 cm³/mol. The third kappa shape index (κ3) is 7.02. The molecule has 0 radical (unpaired) electrons. The monoisotopic (exact) mass is 287 g/mol. The summed E-state index contributed by atoms with van der Waals surface area (Å²) >= 11 is 0. The maximum atomic E-state index is 10.0. The van der Waals surface area contributed by atoms with Crippen molar-refractivity contribution in [2.45, 2.75) is 77.1 Å². The molecule has 0 heterocycles. The van der Waals surface area contributed by atoms with Gasteiger partial charge in [0.1, 0.15) is 0 Å². The summed E-state index contributed by atoms with van der Waals surface area (Å²) in [7, 11) is 0. The van der Waals surface area contributed by atoms with E-state index in [1.807, 2.05) is 6.92 Å². The molecule has 4 heteroatoms. The van der Waals surface area contributed by atoms with Crippen molar-refractivity contribution >= 4 is 0 Å². The van der Waals surface area contributed by atoms with Crippen LogP contribution in [0.5, 0.6) is 0 Å². The molecule has 0 aromatic carbocycles. The van der Waals surface area contributed by atoms with E-state index in [4.69, 9.17) is 4.74 Å². The van der Waals surface area contributed by atoms with Gasteiger partial charge in [-0.2, -0.15) is 0 Å². The SMILES string of the molecule is CCCC(C)(O)CNCC(O)COC1CCCCC1C. The fourth-order valence-corrected chi connectivity index (χ4v) is 2.96. The zero-order valence-electron chi connectivity index (χ0n) is 13.4. The van der Waals surface area contributed by atoms with Crippen molar-refractivity contribution in [2.24, 2.45) is 5.92 Å². The molecule has 1 rings (SSSR count). The number of nitrogens with one attached hydrogen (secondary N) is 1. The Labute approximate surface area is 123 Å². The van der Waals surface area contributed by atoms with E-state index < -0.39 is 11.7 Å². The van der Waals surface area contributed by atoms with Crippen molar-refractivity contribution in [2.75, 3.05) is 19.7 Å². The average molecular weight is 287 g/mol. The topological polar surface area (TPSA) is 61.7 Å². The molecule has 4 nitrogen and oxygen atoms in total. The van der Waals surface area contributed by atoms with Gasteiger partial charge in [0, 0.05) is 13.1 Å². The van der Waals surface area contributed by atoms with Crippen molar-refractivity contribution in [3.63, 3.8) is 0 Å². The average Bonchev–Trinajstić information content (AvgIpc) is 2.37. The lowest BCUT2D eigenvalue weighted by Crippen LogP contribution is -2.42. The lowest BCUT2D eigenvalue weighted by Gasteiger charge is -2.30. The van der Waals surface area contributed by atoms with Crippen molar-refractivity contribution in [1.82, 2.24) is 5.32 Å². The third-order valence-electron chi connectivity index (χ3n) is 4.21. The second-order valence-corrected chi connectivity index (χ2v) is 6.67. The Morgan fingerprint density at radius 1 is 1.35 bits per heavy atom. The minimum Gasteiger partial charge on any atom is -0.389 e. The van der Waals surface area contributed by atoms with E-state index in [1.54, 1.807) is 0 Å². The van der Waals surface area contributed by atoms with Crippen LogP contribution in [-0.4, -0.2) is 47.7 Å². The molecule has 1 fully saturated rings. The van der Waals surface area contributed by atoms with Gasteiger partial charge in [-0.15, -0.1) is 0 Å². The van der Waals surface area contributed by atoms with Gasteiger partial charge in [0.2, 0.25) is 0 Å². The largest absolute Gasteiger partial charge is 0.389 e. The van der Waals surface area contributed by atoms with Crippen molar-refractivity contribution in [3.8, 4) is 0 Å². The van der Waals surface area contributed by atoms with Crippen LogP contribution in [0.4, 0.5) is 0 Å². The summed E-state index contributed by atoms with van der Waals surface area (Å²) in [6.07, 6.45) is 6.43. The van der Waals surface area contributed by atoms with E-state index in [0.29, 0.717) is 31.7 Å². The molecule has 0 aliphatic heterocycles. The van der Waals surface area contributed by atoms with Crippen LogP contribution >= 0.6 is 0 Å². The van der Waals surface area contributed by atoms with Crippen LogP contribution in [0.15, 0.2) is 0 Å². The third-order valence-corrected chi connectivity index (χ3v) is 4.21. The zero-order chi connectivity index (χ0) is 15.0. The predicted octanol–water partition coefficient (Wildman–Crippen LogP) is 2.08. The van der Waals surface area contributed by atoms with Gasteiger partial charge in [0.15, 0.2) is 0 Å². The number of aliphatic hydroxyl groups is 2. The molecule has 4 unspecified atom stereocenters. The number of aliphatic hydroxyl groups excluding tert-OH is 1. The molecule has 20 heavy (non-hydrogen) atoms. The quantitative estimate of drug-likeness (QED) is 0.607. The van der Waals surface area contributed by atoms with Crippen LogP contribution in [-0.2, 0) is 4.74 Å². The summed E-state index contributed by atoms with van der Waals surface area (Å²) < 4.78 is 5.83. The molecular weight excluding hydrogens is 254 g/mol. The fourth-order valence-electron chi connectivity index (χ4n) is 2.96. The fraction of sp³-hybridized carbons (Fsp3) is 1.00. The van der Waals surface area contributed by atoms with Crippen molar-refractivity contribution < 1.29 is 14.9 Å². The van der Waals surface area contributed by atoms with Gasteiger partial charge in [-0.05, 0) is 32.1 Å². The summed E-state index contributed by atoms with van der Waals surface area (Å²) in [6.45, 7) is 7.49. The van der Waals surface area contributed by atoms with Crippen LogP contribution in [0.3, 0.4) is 0 Å². The van der Waals surface area contributed by atoms with E-state index in [2.05, 4.69) is 19.2 Å². The molecule has 1 aliphatic carbocycles. The molecule has 0 bridgehead atoms. The first-order valence-electron chi connectivity index (χ1n) is 8.17. The number of hydrogen-bond acceptors (Lipinski definition) is 4. The maximum absolute atomic E-state index is 10.0. The normalized spacial score (nSPS) is 28.1. The van der Waals surface area contributed by atoms with Gasteiger partial charge in [0.05, 0.1) is 24.4 Å². The van der Waals surface area contributed by atoms with Gasteiger partial charge in [-0.3, -0.25) is 0 Å². The van der Waals surface area contributed by atoms with Gasteiger partial charge in [-0.1, -0.05) is 33.1 Å². The van der Waals surface area contributed by atoms with Crippen molar-refractivity contribution in [3.05, 3.63) is 0 Å². The maximum Gasteiger partial charge on any atom is 0.0897 e. The van der Waals surface area contributed by atoms with Gasteiger partial charge in [0.25, 0.3) is 0 Å². The first kappa shape index (κ1) is 17.9. The standard InChI is InChI=1S/C16H33NO3/c1-4-9-16(3,19)12-17-10-14(18)11-20-15-8-6-5-7-13(15)2/h13-15,17-19H,4-12H2,1-3H3. The van der Waals surface area contributed by atoms with E-state index in [9.17, 15) is 10.2 Å². The van der Waals surface area contributed by atoms with Gasteiger partial charge in [-0.25, -0.2) is 0 Å². The lowest BCUT2D eigenvalue weighted by molar-refractivity contribution is -0.0464. The molecule has 1 aliphatic rings. The van der Waals surface area contributed by atoms with Crippen LogP contribution < -0.4 is 5.32 Å². The summed E-state index contributed by atoms with van der Waals surface area (Å²) in [5.41, 5.74) is -0.687. The van der Waals surface area contributed by atoms with Gasteiger partial charge < -0.3 is 20.3 Å². The molecule has 0 amide bonds. The Morgan fingerprint density at radius 3 is 2.70 bits per heavy atom. The Hall–Kier alpha value is -0.160. The second kappa shape index (κ2) is 8.98. The zero-order valence-corrected chi connectivity index (χ0v) is 13.4. The first-order chi connectivity index (χ1) is 9.44. The highest BCUT2D eigenvalue weighted by Gasteiger charge is 2.23. The summed E-state index contributed by atoms with van der Waals surface area (Å²) in [5, 5.41) is 23.1. The molecule has 0 spiro atoms. The number of hydrogen-bond donors (Lipinski definition) is 3. The molecule has 1 saturated carbocycles. The molecule has 0 aromatic rings. The molecule has 4 atom stereocenters. The number of ether oxygens (including phenoxy) is 1. The first-order valence-corrected chi connectivity index (χ1v) is 8.17. The Bertz CT molecular complexity index is 258. The highest BCUT2D eigenvalue weighted by molar-refractivity contribution is 4.76. The highest BCUT2D eigenvalue weighted by Crippen LogP contribution is 2.26. The number of rotatable bonds is 9. The van der Waals surface area contributed by atoms with Crippen molar-refractivity contribution in [1.29, 1.82) is 0 Å². The summed E-state index contributed by atoms with van der Waals surface area (Å²) in [6, 6.07) is 0. The van der Waals surface area contributed by atoms with Crippen LogP contribution in [0, 0.1) is 5.92 Å². The minimum absolute atomic E-state index is 0.307. The molecule has 120 valence electrons. The highest BCUT2D eigenvalue weighted by atomic mass is 16.5. The Morgan fingerprint density at radius 2 is 2.05 bits per heavy atom. The Kier molecular flexibility index (Phi) is 8.03. The molecular formula is C16H33NO3. The molecule has 0 aromatic heterocycles. The van der Waals surface area contributed by atoms with E-state index in [0.717, 1.165) is 19.3 Å². The molecule has 3 N–H and O–H groups in total. The Balaban J connectivity index is 2.12. The smallest absolute Gasteiger partial charge is 0.0897 e. The lowest BCUT2D eigenvalue weighted by atomic mass is 9.88. The van der Waals surface area contributed by atoms with Crippen LogP contribution in [0.2, 0.25) is 0 Å². The second-order valence-electron chi connectivity index (χ2n) is 6.67. The summed E-state index contributed by atoms with van der Waals surface area (Å²) in [4.78, 5) is 0. The van der Waals surface area contributed by atoms with E-state index in [-0.39, 0.29) is 0 Å². The van der Waals surface area contributed by atoms with Crippen LogP contribution in [0.25, 0.3) is 0 Å². The molecule has 0 saturated heterocycles. The van der Waals surface area contributed by atoms with E-state index >= 15 is 0 Å².